The van der Waals surface area contributed by atoms with Crippen molar-refractivity contribution < 1.29 is 52.7 Å². The van der Waals surface area contributed by atoms with Crippen LogP contribution in [0, 0.1) is 0 Å². The van der Waals surface area contributed by atoms with Gasteiger partial charge >= 0.3 is 18.1 Å². The molecule has 2 unspecified atom stereocenters. The maximum Gasteiger partial charge on any atom is 0.508 e. The molecule has 1 saturated heterocycles. The monoisotopic (exact) mass is 600 g/mol. The van der Waals surface area contributed by atoms with Gasteiger partial charge in [0.1, 0.15) is 18.2 Å². The molecule has 2 heterocycles. The van der Waals surface area contributed by atoms with E-state index in [1.54, 1.807) is 6.92 Å². The molecule has 0 bridgehead atoms. The fraction of sp³-hybridized carbons (Fsp3) is 0.690. The van der Waals surface area contributed by atoms with Crippen molar-refractivity contribution in [3.8, 4) is 11.5 Å². The molecule has 42 heavy (non-hydrogen) atoms. The standard InChI is InChI=1S/C24H34N2O10.C3H8O.C2H6/c1-5-12-32-24(30)36-17-8-6-7-9-18(23(29)35-15(2)13-17)26-22(28)20-21(34-14-33-16(3)27)19(31-4)10-11-25-20;1-2-3-4;1-2/h10-11,15,17-18H,5-9,12-14H2,1-4H3,(H,26,28);4H,2-3H2,1H3;1-2H3/t15?,17?,18-;;/m0../s1. The molecule has 0 spiro atoms. The van der Waals surface area contributed by atoms with Gasteiger partial charge in [-0.05, 0) is 39.0 Å². The Kier molecular flexibility index (Phi) is 21.0. The van der Waals surface area contributed by atoms with Crippen molar-refractivity contribution in [3.63, 3.8) is 0 Å². The fourth-order valence-corrected chi connectivity index (χ4v) is 3.54. The molecule has 0 saturated carbocycles. The van der Waals surface area contributed by atoms with E-state index in [-0.39, 0.29) is 23.8 Å². The molecule has 1 aliphatic rings. The third kappa shape index (κ3) is 15.4. The molecule has 2 rings (SSSR count). The second-order valence-electron chi connectivity index (χ2n) is 8.94. The first kappa shape index (κ1) is 38.4. The number of amides is 1. The highest BCUT2D eigenvalue weighted by molar-refractivity contribution is 5.98. The van der Waals surface area contributed by atoms with Gasteiger partial charge in [0.25, 0.3) is 5.91 Å². The number of hydrogen-bond acceptors (Lipinski definition) is 12. The molecule has 1 aromatic heterocycles. The van der Waals surface area contributed by atoms with E-state index in [1.807, 2.05) is 27.7 Å². The van der Waals surface area contributed by atoms with Crippen LogP contribution < -0.4 is 14.8 Å². The number of hydrogen-bond donors (Lipinski definition) is 2. The average Bonchev–Trinajstić information content (AvgIpc) is 2.97. The Bertz CT molecular complexity index is 940. The first-order valence-electron chi connectivity index (χ1n) is 14.4. The van der Waals surface area contributed by atoms with Crippen molar-refractivity contribution in [2.45, 2.75) is 105 Å². The number of rotatable bonds is 10. The highest BCUT2D eigenvalue weighted by Gasteiger charge is 2.30. The fourth-order valence-electron chi connectivity index (χ4n) is 3.54. The summed E-state index contributed by atoms with van der Waals surface area (Å²) in [5.41, 5.74) is -0.140. The van der Waals surface area contributed by atoms with Crippen molar-refractivity contribution in [2.24, 2.45) is 0 Å². The maximum atomic E-state index is 13.0. The molecule has 13 nitrogen and oxygen atoms in total. The average molecular weight is 601 g/mol. The molecule has 2 N–H and O–H groups in total. The number of aliphatic hydroxyl groups is 1. The number of cyclic esters (lactones) is 1. The molecule has 0 aromatic carbocycles. The lowest BCUT2D eigenvalue weighted by Gasteiger charge is -2.26. The lowest BCUT2D eigenvalue weighted by molar-refractivity contribution is -0.152. The highest BCUT2D eigenvalue weighted by Crippen LogP contribution is 2.30. The Balaban J connectivity index is 0.00000257. The van der Waals surface area contributed by atoms with Crippen LogP contribution in [0.4, 0.5) is 4.79 Å². The van der Waals surface area contributed by atoms with Gasteiger partial charge in [0, 0.05) is 32.2 Å². The molecular formula is C29H48N2O11. The zero-order valence-corrected chi connectivity index (χ0v) is 25.9. The van der Waals surface area contributed by atoms with Crippen LogP contribution in [-0.2, 0) is 28.5 Å². The van der Waals surface area contributed by atoms with Crippen LogP contribution in [-0.4, -0.2) is 79.5 Å². The van der Waals surface area contributed by atoms with Crippen LogP contribution in [0.2, 0.25) is 0 Å². The highest BCUT2D eigenvalue weighted by atomic mass is 16.7. The third-order valence-electron chi connectivity index (χ3n) is 5.45. The molecule has 1 amide bonds. The summed E-state index contributed by atoms with van der Waals surface area (Å²) < 4.78 is 31.3. The summed E-state index contributed by atoms with van der Waals surface area (Å²) in [6.07, 6.45) is 3.58. The van der Waals surface area contributed by atoms with Gasteiger partial charge in [0.05, 0.1) is 13.7 Å². The number of aliphatic hydroxyl groups excluding tert-OH is 1. The van der Waals surface area contributed by atoms with Crippen molar-refractivity contribution in [2.75, 3.05) is 27.1 Å². The third-order valence-corrected chi connectivity index (χ3v) is 5.45. The van der Waals surface area contributed by atoms with Crippen LogP contribution in [0.25, 0.3) is 0 Å². The summed E-state index contributed by atoms with van der Waals surface area (Å²) in [7, 11) is 1.39. The van der Waals surface area contributed by atoms with Crippen molar-refractivity contribution >= 4 is 24.0 Å². The summed E-state index contributed by atoms with van der Waals surface area (Å²) in [6.45, 7) is 10.9. The lowest BCUT2D eigenvalue weighted by Crippen LogP contribution is -2.44. The van der Waals surface area contributed by atoms with Crippen LogP contribution >= 0.6 is 0 Å². The van der Waals surface area contributed by atoms with Crippen LogP contribution in [0.5, 0.6) is 11.5 Å². The molecule has 1 aromatic rings. The number of methoxy groups -OCH3 is 1. The summed E-state index contributed by atoms with van der Waals surface area (Å²) in [5, 5.41) is 10.5. The normalized spacial score (nSPS) is 18.3. The summed E-state index contributed by atoms with van der Waals surface area (Å²) in [6, 6.07) is 0.553. The summed E-state index contributed by atoms with van der Waals surface area (Å²) in [5.74, 6) is -1.69. The Hall–Kier alpha value is -3.61. The molecule has 0 radical (unpaired) electrons. The number of ether oxygens (including phenoxy) is 6. The zero-order chi connectivity index (χ0) is 31.9. The number of pyridine rings is 1. The Labute approximate surface area is 248 Å². The molecule has 1 aliphatic heterocycles. The minimum Gasteiger partial charge on any atom is -0.493 e. The van der Waals surface area contributed by atoms with Crippen LogP contribution in [0.3, 0.4) is 0 Å². The van der Waals surface area contributed by atoms with Gasteiger partial charge in [-0.2, -0.15) is 0 Å². The second kappa shape index (κ2) is 23.0. The first-order chi connectivity index (χ1) is 20.2. The van der Waals surface area contributed by atoms with E-state index in [0.29, 0.717) is 45.1 Å². The van der Waals surface area contributed by atoms with E-state index in [2.05, 4.69) is 10.3 Å². The van der Waals surface area contributed by atoms with Crippen molar-refractivity contribution in [1.82, 2.24) is 10.3 Å². The zero-order valence-electron chi connectivity index (χ0n) is 25.9. The number of nitrogens with zero attached hydrogens (tertiary/aromatic N) is 1. The SMILES string of the molecule is CC.CCCO.CCCOC(=O)OC1CCCC[C@H](NC(=O)c2nccc(OC)c2OCOC(C)=O)C(=O)OC(C)C1. The topological polar surface area (TPSA) is 169 Å². The molecule has 13 heteroatoms. The molecule has 0 aliphatic carbocycles. The largest absolute Gasteiger partial charge is 0.508 e. The van der Waals surface area contributed by atoms with Gasteiger partial charge in [0.15, 0.2) is 17.2 Å². The quantitative estimate of drug-likeness (QED) is 0.222. The number of carbonyl (C=O) groups excluding carboxylic acids is 4. The molecule has 3 atom stereocenters. The van der Waals surface area contributed by atoms with E-state index in [0.717, 1.165) is 6.42 Å². The smallest absolute Gasteiger partial charge is 0.493 e. The Morgan fingerprint density at radius 3 is 2.38 bits per heavy atom. The number of nitrogens with one attached hydrogen (secondary N) is 1. The van der Waals surface area contributed by atoms with E-state index < -0.39 is 49.0 Å². The van der Waals surface area contributed by atoms with Crippen molar-refractivity contribution in [1.29, 1.82) is 0 Å². The summed E-state index contributed by atoms with van der Waals surface area (Å²) in [4.78, 5) is 52.8. The number of aromatic nitrogens is 1. The van der Waals surface area contributed by atoms with Crippen LogP contribution in [0.15, 0.2) is 12.3 Å². The van der Waals surface area contributed by atoms with Gasteiger partial charge < -0.3 is 38.8 Å². The second-order valence-corrected chi connectivity index (χ2v) is 8.94. The number of carbonyl (C=O) groups is 4. The number of esters is 2. The molecule has 1 fully saturated rings. The van der Waals surface area contributed by atoms with Crippen molar-refractivity contribution in [3.05, 3.63) is 18.0 Å². The van der Waals surface area contributed by atoms with E-state index >= 15 is 0 Å². The van der Waals surface area contributed by atoms with Gasteiger partial charge in [-0.15, -0.1) is 0 Å². The van der Waals surface area contributed by atoms with E-state index in [9.17, 15) is 19.2 Å². The minimum atomic E-state index is -0.929. The Morgan fingerprint density at radius 2 is 1.79 bits per heavy atom. The molecular weight excluding hydrogens is 552 g/mol. The minimum absolute atomic E-state index is 0.0321. The first-order valence-corrected chi connectivity index (χ1v) is 14.4. The Morgan fingerprint density at radius 1 is 1.12 bits per heavy atom. The van der Waals surface area contributed by atoms with E-state index in [4.69, 9.17) is 33.5 Å². The van der Waals surface area contributed by atoms with Gasteiger partial charge in [-0.1, -0.05) is 34.1 Å². The maximum absolute atomic E-state index is 13.0. The van der Waals surface area contributed by atoms with Gasteiger partial charge in [0.2, 0.25) is 6.79 Å². The lowest BCUT2D eigenvalue weighted by atomic mass is 10.0. The predicted molar refractivity (Wildman–Crippen MR) is 153 cm³/mol. The summed E-state index contributed by atoms with van der Waals surface area (Å²) >= 11 is 0. The van der Waals surface area contributed by atoms with Gasteiger partial charge in [-0.3, -0.25) is 9.59 Å². The molecule has 240 valence electrons. The van der Waals surface area contributed by atoms with E-state index in [1.165, 1.54) is 26.3 Å². The predicted octanol–water partition coefficient (Wildman–Crippen LogP) is 4.33. The van der Waals surface area contributed by atoms with Crippen LogP contribution in [0.1, 0.15) is 97.0 Å². The van der Waals surface area contributed by atoms with Gasteiger partial charge in [-0.25, -0.2) is 14.6 Å².